The third-order valence-corrected chi connectivity index (χ3v) is 5.20. The Balaban J connectivity index is 2.23. The molecule has 2 aromatic rings. The number of hydrogen-bond acceptors (Lipinski definition) is 5. The smallest absolute Gasteiger partial charge is 0.339 e. The van der Waals surface area contributed by atoms with Crippen LogP contribution < -0.4 is 4.72 Å². The van der Waals surface area contributed by atoms with Crippen LogP contribution in [-0.4, -0.2) is 50.1 Å². The van der Waals surface area contributed by atoms with E-state index in [1.807, 2.05) is 49.3 Å². The molecule has 3 N–H and O–H groups in total. The number of benzene rings is 2. The van der Waals surface area contributed by atoms with Crippen LogP contribution >= 0.6 is 0 Å². The van der Waals surface area contributed by atoms with Crippen LogP contribution in [-0.2, 0) is 10.0 Å². The van der Waals surface area contributed by atoms with Crippen LogP contribution in [0.25, 0.3) is 0 Å². The van der Waals surface area contributed by atoms with E-state index in [1.54, 1.807) is 0 Å². The Morgan fingerprint density at radius 3 is 2.36 bits per heavy atom. The summed E-state index contributed by atoms with van der Waals surface area (Å²) in [5.41, 5.74) is 0.488. The van der Waals surface area contributed by atoms with E-state index in [1.165, 1.54) is 0 Å². The average molecular weight is 364 g/mol. The molecular weight excluding hydrogens is 344 g/mol. The first-order valence-corrected chi connectivity index (χ1v) is 8.98. The maximum atomic E-state index is 12.5. The Hall–Kier alpha value is -2.42. The highest BCUT2D eigenvalue weighted by molar-refractivity contribution is 7.89. The summed E-state index contributed by atoms with van der Waals surface area (Å²) in [6, 6.07) is 12.4. The van der Waals surface area contributed by atoms with Crippen molar-refractivity contribution in [2.45, 2.75) is 10.9 Å². The van der Waals surface area contributed by atoms with Gasteiger partial charge in [0.05, 0.1) is 4.90 Å². The first-order chi connectivity index (χ1) is 11.7. The van der Waals surface area contributed by atoms with Gasteiger partial charge in [0, 0.05) is 12.6 Å². The lowest BCUT2D eigenvalue weighted by Gasteiger charge is -2.25. The Morgan fingerprint density at radius 1 is 1.16 bits per heavy atom. The maximum absolute atomic E-state index is 12.5. The number of likely N-dealkylation sites (N-methyl/N-ethyl adjacent to an activating group) is 1. The zero-order valence-corrected chi connectivity index (χ0v) is 14.7. The summed E-state index contributed by atoms with van der Waals surface area (Å²) in [6.07, 6.45) is 0. The van der Waals surface area contributed by atoms with Crippen LogP contribution in [0.2, 0.25) is 0 Å². The third-order valence-electron chi connectivity index (χ3n) is 3.78. The zero-order valence-electron chi connectivity index (χ0n) is 13.9. The van der Waals surface area contributed by atoms with Gasteiger partial charge in [-0.3, -0.25) is 0 Å². The molecule has 0 aliphatic rings. The Morgan fingerprint density at radius 2 is 1.80 bits per heavy atom. The van der Waals surface area contributed by atoms with Gasteiger partial charge >= 0.3 is 5.97 Å². The highest BCUT2D eigenvalue weighted by atomic mass is 32.2. The predicted molar refractivity (Wildman–Crippen MR) is 93.1 cm³/mol. The molecule has 0 aromatic heterocycles. The number of phenols is 1. The number of rotatable bonds is 7. The van der Waals surface area contributed by atoms with E-state index < -0.39 is 27.3 Å². The molecule has 7 nitrogen and oxygen atoms in total. The van der Waals surface area contributed by atoms with Gasteiger partial charge in [-0.25, -0.2) is 17.9 Å². The SMILES string of the molecule is CN(C)[C@H](CNS(=O)(=O)c1ccc(O)c(C(=O)O)c1)c1ccccc1. The van der Waals surface area contributed by atoms with Crippen LogP contribution in [0.5, 0.6) is 5.75 Å². The average Bonchev–Trinajstić information content (AvgIpc) is 2.55. The first kappa shape index (κ1) is 18.9. The molecule has 0 bridgehead atoms. The van der Waals surface area contributed by atoms with Gasteiger partial charge in [-0.1, -0.05) is 30.3 Å². The number of carbonyl (C=O) groups is 1. The quantitative estimate of drug-likeness (QED) is 0.690. The fraction of sp³-hybridized carbons (Fsp3) is 0.235. The molecule has 0 unspecified atom stereocenters. The summed E-state index contributed by atoms with van der Waals surface area (Å²) in [5.74, 6) is -1.88. The number of aromatic carboxylic acids is 1. The van der Waals surface area contributed by atoms with Gasteiger partial charge in [-0.15, -0.1) is 0 Å². The standard InChI is InChI=1S/C17H20N2O5S/c1-19(2)15(12-6-4-3-5-7-12)11-18-25(23,24)13-8-9-16(20)14(10-13)17(21)22/h3-10,15,18,20H,11H2,1-2H3,(H,21,22)/t15-/m1/s1. The van der Waals surface area contributed by atoms with Gasteiger partial charge in [0.2, 0.25) is 10.0 Å². The second kappa shape index (κ2) is 7.64. The molecule has 0 aliphatic carbocycles. The van der Waals surface area contributed by atoms with Crippen molar-refractivity contribution >= 4 is 16.0 Å². The van der Waals surface area contributed by atoms with Gasteiger partial charge in [0.25, 0.3) is 0 Å². The third kappa shape index (κ3) is 4.56. The number of hydrogen-bond donors (Lipinski definition) is 3. The highest BCUT2D eigenvalue weighted by Crippen LogP contribution is 2.22. The normalized spacial score (nSPS) is 12.9. The van der Waals surface area contributed by atoms with Crippen molar-refractivity contribution in [1.29, 1.82) is 0 Å². The topological polar surface area (TPSA) is 107 Å². The van der Waals surface area contributed by atoms with Crippen molar-refractivity contribution in [3.05, 3.63) is 59.7 Å². The van der Waals surface area contributed by atoms with Gasteiger partial charge in [-0.05, 0) is 37.9 Å². The molecule has 0 amide bonds. The lowest BCUT2D eigenvalue weighted by atomic mass is 10.1. The number of aromatic hydroxyl groups is 1. The van der Waals surface area contributed by atoms with E-state index in [-0.39, 0.29) is 17.5 Å². The van der Waals surface area contributed by atoms with Crippen molar-refractivity contribution in [1.82, 2.24) is 9.62 Å². The summed E-state index contributed by atoms with van der Waals surface area (Å²) in [7, 11) is -0.236. The summed E-state index contributed by atoms with van der Waals surface area (Å²) < 4.78 is 27.4. The maximum Gasteiger partial charge on any atom is 0.339 e. The molecule has 0 saturated heterocycles. The van der Waals surface area contributed by atoms with E-state index in [0.717, 1.165) is 23.8 Å². The fourth-order valence-electron chi connectivity index (χ4n) is 2.40. The Labute approximate surface area is 146 Å². The molecule has 0 radical (unpaired) electrons. The Bertz CT molecular complexity index is 851. The molecule has 8 heteroatoms. The minimum atomic E-state index is -3.92. The van der Waals surface area contributed by atoms with Crippen molar-refractivity contribution in [3.8, 4) is 5.75 Å². The molecule has 0 saturated carbocycles. The fourth-order valence-corrected chi connectivity index (χ4v) is 3.46. The van der Waals surface area contributed by atoms with Crippen LogP contribution in [0.4, 0.5) is 0 Å². The number of sulfonamides is 1. The van der Waals surface area contributed by atoms with Gasteiger partial charge in [-0.2, -0.15) is 0 Å². The van der Waals surface area contributed by atoms with Gasteiger partial charge in [0.15, 0.2) is 0 Å². The van der Waals surface area contributed by atoms with Crippen LogP contribution in [0.1, 0.15) is 22.0 Å². The molecule has 0 aliphatic heterocycles. The number of carboxylic acid groups (broad SMARTS) is 1. The molecule has 25 heavy (non-hydrogen) atoms. The number of nitrogens with one attached hydrogen (secondary N) is 1. The minimum Gasteiger partial charge on any atom is -0.507 e. The molecule has 0 heterocycles. The molecular formula is C17H20N2O5S. The second-order valence-corrected chi connectivity index (χ2v) is 7.49. The molecule has 2 rings (SSSR count). The van der Waals surface area contributed by atoms with Crippen molar-refractivity contribution in [2.75, 3.05) is 20.6 Å². The van der Waals surface area contributed by atoms with Crippen molar-refractivity contribution in [3.63, 3.8) is 0 Å². The summed E-state index contributed by atoms with van der Waals surface area (Å²) >= 11 is 0. The highest BCUT2D eigenvalue weighted by Gasteiger charge is 2.21. The molecule has 134 valence electrons. The molecule has 0 spiro atoms. The Kier molecular flexibility index (Phi) is 5.78. The van der Waals surface area contributed by atoms with Gasteiger partial charge < -0.3 is 15.1 Å². The molecule has 0 fully saturated rings. The zero-order chi connectivity index (χ0) is 18.6. The predicted octanol–water partition coefficient (Wildman–Crippen LogP) is 1.67. The van der Waals surface area contributed by atoms with Crippen molar-refractivity contribution < 1.29 is 23.4 Å². The lowest BCUT2D eigenvalue weighted by Crippen LogP contribution is -2.34. The van der Waals surface area contributed by atoms with Gasteiger partial charge in [0.1, 0.15) is 11.3 Å². The van der Waals surface area contributed by atoms with E-state index in [9.17, 15) is 18.3 Å². The molecule has 1 atom stereocenters. The number of carboxylic acids is 1. The monoisotopic (exact) mass is 364 g/mol. The summed E-state index contributed by atoms with van der Waals surface area (Å²) in [6.45, 7) is 0.114. The second-order valence-electron chi connectivity index (χ2n) is 5.73. The summed E-state index contributed by atoms with van der Waals surface area (Å²) in [4.78, 5) is 12.7. The minimum absolute atomic E-state index is 0.114. The molecule has 2 aromatic carbocycles. The van der Waals surface area contributed by atoms with E-state index in [4.69, 9.17) is 5.11 Å². The van der Waals surface area contributed by atoms with E-state index in [0.29, 0.717) is 0 Å². The summed E-state index contributed by atoms with van der Waals surface area (Å²) in [5, 5.41) is 18.5. The van der Waals surface area contributed by atoms with Crippen LogP contribution in [0, 0.1) is 0 Å². The van der Waals surface area contributed by atoms with Crippen LogP contribution in [0.15, 0.2) is 53.4 Å². The largest absolute Gasteiger partial charge is 0.507 e. The van der Waals surface area contributed by atoms with E-state index >= 15 is 0 Å². The first-order valence-electron chi connectivity index (χ1n) is 7.49. The lowest BCUT2D eigenvalue weighted by molar-refractivity contribution is 0.0693. The number of nitrogens with zero attached hydrogens (tertiary/aromatic N) is 1. The van der Waals surface area contributed by atoms with Crippen molar-refractivity contribution in [2.24, 2.45) is 0 Å². The van der Waals surface area contributed by atoms with E-state index in [2.05, 4.69) is 4.72 Å². The van der Waals surface area contributed by atoms with Crippen LogP contribution in [0.3, 0.4) is 0 Å².